The predicted molar refractivity (Wildman–Crippen MR) is 76.3 cm³/mol. The van der Waals surface area contributed by atoms with Crippen LogP contribution >= 0.6 is 0 Å². The maximum Gasteiger partial charge on any atom is 0.308 e. The smallest absolute Gasteiger partial charge is 0.308 e. The Bertz CT molecular complexity index is 364. The van der Waals surface area contributed by atoms with Crippen molar-refractivity contribution in [2.75, 3.05) is 19.6 Å². The molecule has 1 heterocycles. The molecule has 5 nitrogen and oxygen atoms in total. The number of carboxylic acid groups (broad SMARTS) is 1. The van der Waals surface area contributed by atoms with Crippen LogP contribution in [-0.2, 0) is 9.59 Å². The zero-order valence-corrected chi connectivity index (χ0v) is 12.5. The van der Waals surface area contributed by atoms with Gasteiger partial charge in [0.25, 0.3) is 0 Å². The van der Waals surface area contributed by atoms with Crippen LogP contribution < -0.4 is 5.32 Å². The van der Waals surface area contributed by atoms with Crippen LogP contribution in [0.25, 0.3) is 0 Å². The van der Waals surface area contributed by atoms with Gasteiger partial charge in [-0.3, -0.25) is 14.5 Å². The molecule has 0 aromatic rings. The van der Waals surface area contributed by atoms with E-state index in [1.54, 1.807) is 0 Å². The lowest BCUT2D eigenvalue weighted by molar-refractivity contribution is -0.142. The van der Waals surface area contributed by atoms with Crippen LogP contribution in [0.5, 0.6) is 0 Å². The minimum atomic E-state index is -0.748. The molecule has 0 spiro atoms. The fraction of sp³-hybridized carbons (Fsp3) is 0.867. The molecule has 1 saturated carbocycles. The molecule has 2 aliphatic rings. The highest BCUT2D eigenvalue weighted by Crippen LogP contribution is 2.24. The maximum absolute atomic E-state index is 12.0. The highest BCUT2D eigenvalue weighted by molar-refractivity contribution is 5.78. The number of hydrogen-bond donors (Lipinski definition) is 2. The van der Waals surface area contributed by atoms with Gasteiger partial charge >= 0.3 is 5.97 Å². The molecule has 0 aromatic carbocycles. The Morgan fingerprint density at radius 2 is 1.80 bits per heavy atom. The van der Waals surface area contributed by atoms with Crippen LogP contribution in [0.2, 0.25) is 0 Å². The predicted octanol–water partition coefficient (Wildman–Crippen LogP) is 1.33. The first-order valence-electron chi connectivity index (χ1n) is 7.70. The van der Waals surface area contributed by atoms with Gasteiger partial charge < -0.3 is 10.4 Å². The molecular formula is C15H26N2O3. The molecule has 2 N–H and O–H groups in total. The van der Waals surface area contributed by atoms with Gasteiger partial charge in [-0.25, -0.2) is 0 Å². The third-order valence-electron chi connectivity index (χ3n) is 4.75. The fourth-order valence-electron chi connectivity index (χ4n) is 3.40. The molecule has 0 aromatic heterocycles. The first-order chi connectivity index (χ1) is 9.45. The number of nitrogens with one attached hydrogen (secondary N) is 1. The molecule has 1 amide bonds. The number of likely N-dealkylation sites (tertiary alicyclic amines) is 1. The molecule has 0 unspecified atom stereocenters. The van der Waals surface area contributed by atoms with E-state index in [2.05, 4.69) is 12.2 Å². The average Bonchev–Trinajstić information content (AvgIpc) is 2.73. The van der Waals surface area contributed by atoms with Gasteiger partial charge in [0.15, 0.2) is 0 Å². The second kappa shape index (κ2) is 6.57. The van der Waals surface area contributed by atoms with Crippen molar-refractivity contribution >= 4 is 11.9 Å². The van der Waals surface area contributed by atoms with Crippen molar-refractivity contribution in [3.63, 3.8) is 0 Å². The molecule has 2 rings (SSSR count). The molecule has 20 heavy (non-hydrogen) atoms. The Morgan fingerprint density at radius 3 is 2.35 bits per heavy atom. The normalized spacial score (nSPS) is 34.9. The van der Waals surface area contributed by atoms with Gasteiger partial charge in [0, 0.05) is 19.1 Å². The van der Waals surface area contributed by atoms with Crippen LogP contribution in [0.4, 0.5) is 0 Å². The Labute approximate surface area is 120 Å². The molecule has 0 radical (unpaired) electrons. The molecule has 0 bridgehead atoms. The summed E-state index contributed by atoms with van der Waals surface area (Å²) in [5.74, 6) is -0.141. The minimum absolute atomic E-state index is 0.0443. The standard InChI is InChI=1S/C15H26N2O3/c1-10-3-5-12(6-4-10)16-14(18)9-17-7-11(2)13(8-17)15(19)20/h10-13H,3-9H2,1-2H3,(H,16,18)(H,19,20)/t10?,11-,12?,13-/m1/s1. The van der Waals surface area contributed by atoms with E-state index >= 15 is 0 Å². The fourth-order valence-corrected chi connectivity index (χ4v) is 3.40. The Morgan fingerprint density at radius 1 is 1.15 bits per heavy atom. The van der Waals surface area contributed by atoms with E-state index in [0.717, 1.165) is 18.8 Å². The quantitative estimate of drug-likeness (QED) is 0.816. The second-order valence-corrected chi connectivity index (χ2v) is 6.64. The zero-order chi connectivity index (χ0) is 14.7. The number of nitrogens with zero attached hydrogens (tertiary/aromatic N) is 1. The number of hydrogen-bond acceptors (Lipinski definition) is 3. The summed E-state index contributed by atoms with van der Waals surface area (Å²) in [6.07, 6.45) is 4.52. The van der Waals surface area contributed by atoms with Crippen LogP contribution in [-0.4, -0.2) is 47.6 Å². The molecule has 2 atom stereocenters. The van der Waals surface area contributed by atoms with Crippen molar-refractivity contribution in [1.82, 2.24) is 10.2 Å². The van der Waals surface area contributed by atoms with E-state index < -0.39 is 5.97 Å². The first-order valence-corrected chi connectivity index (χ1v) is 7.70. The Balaban J connectivity index is 1.74. The van der Waals surface area contributed by atoms with Crippen LogP contribution in [0.3, 0.4) is 0 Å². The number of rotatable bonds is 4. The number of aliphatic carboxylic acids is 1. The number of amides is 1. The van der Waals surface area contributed by atoms with Crippen LogP contribution in [0, 0.1) is 17.8 Å². The van der Waals surface area contributed by atoms with E-state index in [0.29, 0.717) is 25.7 Å². The summed E-state index contributed by atoms with van der Waals surface area (Å²) < 4.78 is 0. The molecule has 114 valence electrons. The second-order valence-electron chi connectivity index (χ2n) is 6.64. The van der Waals surface area contributed by atoms with Crippen LogP contribution in [0.1, 0.15) is 39.5 Å². The van der Waals surface area contributed by atoms with Crippen molar-refractivity contribution in [2.45, 2.75) is 45.6 Å². The highest BCUT2D eigenvalue weighted by atomic mass is 16.4. The van der Waals surface area contributed by atoms with Gasteiger partial charge in [-0.05, 0) is 37.5 Å². The van der Waals surface area contributed by atoms with Gasteiger partial charge in [-0.15, -0.1) is 0 Å². The van der Waals surface area contributed by atoms with Crippen molar-refractivity contribution < 1.29 is 14.7 Å². The summed E-state index contributed by atoms with van der Waals surface area (Å²) in [7, 11) is 0. The summed E-state index contributed by atoms with van der Waals surface area (Å²) in [5, 5.41) is 12.2. The molecular weight excluding hydrogens is 256 g/mol. The summed E-state index contributed by atoms with van der Waals surface area (Å²) in [4.78, 5) is 25.1. The van der Waals surface area contributed by atoms with Crippen molar-refractivity contribution in [2.24, 2.45) is 17.8 Å². The third kappa shape index (κ3) is 3.95. The van der Waals surface area contributed by atoms with E-state index in [1.165, 1.54) is 12.8 Å². The molecule has 1 aliphatic carbocycles. The van der Waals surface area contributed by atoms with E-state index in [1.807, 2.05) is 11.8 Å². The SMILES string of the molecule is CC1CCC(NC(=O)CN2C[C@@H](C)[C@H](C(=O)O)C2)CC1. The summed E-state index contributed by atoms with van der Waals surface area (Å²) >= 11 is 0. The molecule has 1 aliphatic heterocycles. The monoisotopic (exact) mass is 282 g/mol. The topological polar surface area (TPSA) is 69.6 Å². The molecule has 2 fully saturated rings. The van der Waals surface area contributed by atoms with Gasteiger partial charge in [0.1, 0.15) is 0 Å². The van der Waals surface area contributed by atoms with Gasteiger partial charge in [0.05, 0.1) is 12.5 Å². The maximum atomic E-state index is 12.0. The minimum Gasteiger partial charge on any atom is -0.481 e. The lowest BCUT2D eigenvalue weighted by Gasteiger charge is -2.27. The van der Waals surface area contributed by atoms with Crippen LogP contribution in [0.15, 0.2) is 0 Å². The first kappa shape index (κ1) is 15.3. The molecule has 1 saturated heterocycles. The summed E-state index contributed by atoms with van der Waals surface area (Å²) in [6.45, 7) is 5.73. The summed E-state index contributed by atoms with van der Waals surface area (Å²) in [5.41, 5.74) is 0. The number of carbonyl (C=O) groups is 2. The van der Waals surface area contributed by atoms with E-state index in [9.17, 15) is 9.59 Å². The lowest BCUT2D eigenvalue weighted by atomic mass is 9.87. The third-order valence-corrected chi connectivity index (χ3v) is 4.75. The lowest BCUT2D eigenvalue weighted by Crippen LogP contribution is -2.43. The highest BCUT2D eigenvalue weighted by Gasteiger charge is 2.35. The summed E-state index contributed by atoms with van der Waals surface area (Å²) in [6, 6.07) is 0.314. The Kier molecular flexibility index (Phi) is 5.02. The van der Waals surface area contributed by atoms with Gasteiger partial charge in [-0.2, -0.15) is 0 Å². The van der Waals surface area contributed by atoms with Gasteiger partial charge in [0.2, 0.25) is 5.91 Å². The zero-order valence-electron chi connectivity index (χ0n) is 12.5. The van der Waals surface area contributed by atoms with Crippen molar-refractivity contribution in [3.8, 4) is 0 Å². The van der Waals surface area contributed by atoms with E-state index in [4.69, 9.17) is 5.11 Å². The van der Waals surface area contributed by atoms with Crippen molar-refractivity contribution in [1.29, 1.82) is 0 Å². The largest absolute Gasteiger partial charge is 0.481 e. The Hall–Kier alpha value is -1.10. The number of carbonyl (C=O) groups excluding carboxylic acids is 1. The molecule has 5 heteroatoms. The average molecular weight is 282 g/mol. The number of carboxylic acids is 1. The van der Waals surface area contributed by atoms with Crippen molar-refractivity contribution in [3.05, 3.63) is 0 Å². The van der Waals surface area contributed by atoms with E-state index in [-0.39, 0.29) is 17.7 Å². The van der Waals surface area contributed by atoms with Gasteiger partial charge in [-0.1, -0.05) is 13.8 Å².